The van der Waals surface area contributed by atoms with E-state index in [0.29, 0.717) is 29.6 Å². The van der Waals surface area contributed by atoms with Crippen LogP contribution in [0.4, 0.5) is 0 Å². The van der Waals surface area contributed by atoms with E-state index in [4.69, 9.17) is 21.1 Å². The number of carbonyl (C=O) groups is 2. The Kier molecular flexibility index (Phi) is 7.01. The smallest absolute Gasteiger partial charge is 0.272 e. The second-order valence-corrected chi connectivity index (χ2v) is 8.95. The van der Waals surface area contributed by atoms with Crippen LogP contribution in [-0.4, -0.2) is 76.6 Å². The fourth-order valence-corrected chi connectivity index (χ4v) is 4.38. The van der Waals surface area contributed by atoms with Gasteiger partial charge in [0.1, 0.15) is 23.7 Å². The number of likely N-dealkylation sites (tertiary alicyclic amines) is 1. The van der Waals surface area contributed by atoms with Crippen molar-refractivity contribution in [2.24, 2.45) is 0 Å². The predicted octanol–water partition coefficient (Wildman–Crippen LogP) is 3.06. The van der Waals surface area contributed by atoms with E-state index in [0.717, 1.165) is 37.9 Å². The van der Waals surface area contributed by atoms with Crippen LogP contribution < -0.4 is 4.74 Å². The molecule has 1 unspecified atom stereocenters. The third-order valence-electron chi connectivity index (χ3n) is 6.08. The number of H-pyrrole nitrogens is 1. The SMILES string of the molecule is Cc1cc(OCC2(CC(=O)N3CCCCC3)CN(C(=O)c3cnc[nH]3)CCO2)ccc1Cl. The molecule has 9 heteroatoms. The fourth-order valence-electron chi connectivity index (χ4n) is 4.26. The standard InChI is InChI=1S/C23H29ClN4O4/c1-17-11-18(5-6-19(17)24)31-15-23(12-21(29)27-7-3-2-4-8-27)14-28(9-10-32-23)22(30)20-13-25-16-26-20/h5-6,11,13,16H,2-4,7-10,12,14-15H2,1H3,(H,25,26). The van der Waals surface area contributed by atoms with Crippen LogP contribution in [0.3, 0.4) is 0 Å². The number of nitrogens with zero attached hydrogens (tertiary/aromatic N) is 3. The summed E-state index contributed by atoms with van der Waals surface area (Å²) in [5, 5.41) is 0.664. The van der Waals surface area contributed by atoms with Gasteiger partial charge < -0.3 is 24.3 Å². The molecule has 2 saturated heterocycles. The summed E-state index contributed by atoms with van der Waals surface area (Å²) in [4.78, 5) is 36.5. The van der Waals surface area contributed by atoms with Crippen molar-refractivity contribution in [2.45, 2.75) is 38.2 Å². The lowest BCUT2D eigenvalue weighted by atomic mass is 9.96. The molecule has 1 N–H and O–H groups in total. The van der Waals surface area contributed by atoms with Gasteiger partial charge >= 0.3 is 0 Å². The molecule has 0 spiro atoms. The Hall–Kier alpha value is -2.58. The number of halogens is 1. The van der Waals surface area contributed by atoms with Gasteiger partial charge in [-0.3, -0.25) is 9.59 Å². The maximum Gasteiger partial charge on any atom is 0.272 e. The number of morpholine rings is 1. The molecule has 1 atom stereocenters. The van der Waals surface area contributed by atoms with E-state index in [9.17, 15) is 9.59 Å². The number of aryl methyl sites for hydroxylation is 1. The third kappa shape index (κ3) is 5.24. The van der Waals surface area contributed by atoms with E-state index in [-0.39, 0.29) is 31.4 Å². The lowest BCUT2D eigenvalue weighted by Gasteiger charge is -2.43. The summed E-state index contributed by atoms with van der Waals surface area (Å²) in [5.74, 6) is 0.525. The van der Waals surface area contributed by atoms with Crippen LogP contribution in [-0.2, 0) is 9.53 Å². The Labute approximate surface area is 192 Å². The molecule has 2 fully saturated rings. The Morgan fingerprint density at radius 1 is 1.22 bits per heavy atom. The molecule has 0 bridgehead atoms. The van der Waals surface area contributed by atoms with Crippen molar-refractivity contribution in [2.75, 3.05) is 39.4 Å². The minimum Gasteiger partial charge on any atom is -0.490 e. The van der Waals surface area contributed by atoms with E-state index < -0.39 is 5.60 Å². The maximum absolute atomic E-state index is 13.1. The van der Waals surface area contributed by atoms with Crippen LogP contribution >= 0.6 is 11.6 Å². The van der Waals surface area contributed by atoms with Gasteiger partial charge in [0.25, 0.3) is 5.91 Å². The fraction of sp³-hybridized carbons (Fsp3) is 0.522. The molecule has 2 aliphatic heterocycles. The Morgan fingerprint density at radius 3 is 2.75 bits per heavy atom. The minimum atomic E-state index is -0.935. The van der Waals surface area contributed by atoms with Crippen LogP contribution in [0, 0.1) is 6.92 Å². The maximum atomic E-state index is 13.1. The van der Waals surface area contributed by atoms with Crippen molar-refractivity contribution in [3.8, 4) is 5.75 Å². The van der Waals surface area contributed by atoms with Crippen LogP contribution in [0.5, 0.6) is 5.75 Å². The number of nitrogens with one attached hydrogen (secondary N) is 1. The first-order chi connectivity index (χ1) is 15.5. The zero-order chi connectivity index (χ0) is 22.6. The number of hydrogen-bond donors (Lipinski definition) is 1. The molecule has 1 aromatic heterocycles. The highest BCUT2D eigenvalue weighted by atomic mass is 35.5. The number of ether oxygens (including phenoxy) is 2. The van der Waals surface area contributed by atoms with Gasteiger partial charge in [-0.1, -0.05) is 11.6 Å². The highest BCUT2D eigenvalue weighted by Crippen LogP contribution is 2.28. The third-order valence-corrected chi connectivity index (χ3v) is 6.50. The minimum absolute atomic E-state index is 0.0384. The molecule has 0 saturated carbocycles. The number of hydrogen-bond acceptors (Lipinski definition) is 5. The monoisotopic (exact) mass is 460 g/mol. The van der Waals surface area contributed by atoms with Crippen LogP contribution in [0.25, 0.3) is 0 Å². The Balaban J connectivity index is 1.52. The number of piperidine rings is 1. The molecule has 172 valence electrons. The van der Waals surface area contributed by atoms with E-state index in [1.165, 1.54) is 12.5 Å². The lowest BCUT2D eigenvalue weighted by Crippen LogP contribution is -2.58. The predicted molar refractivity (Wildman–Crippen MR) is 120 cm³/mol. The molecule has 2 amide bonds. The highest BCUT2D eigenvalue weighted by Gasteiger charge is 2.42. The van der Waals surface area contributed by atoms with Gasteiger partial charge in [-0.25, -0.2) is 4.98 Å². The molecule has 0 radical (unpaired) electrons. The average molecular weight is 461 g/mol. The molecular formula is C23H29ClN4O4. The largest absolute Gasteiger partial charge is 0.490 e. The average Bonchev–Trinajstić information content (AvgIpc) is 3.35. The normalized spacial score (nSPS) is 21.4. The number of aromatic amines is 1. The van der Waals surface area contributed by atoms with Crippen molar-refractivity contribution >= 4 is 23.4 Å². The first-order valence-corrected chi connectivity index (χ1v) is 11.4. The van der Waals surface area contributed by atoms with E-state index in [2.05, 4.69) is 9.97 Å². The first kappa shape index (κ1) is 22.6. The van der Waals surface area contributed by atoms with E-state index in [1.807, 2.05) is 17.9 Å². The van der Waals surface area contributed by atoms with Crippen molar-refractivity contribution in [3.63, 3.8) is 0 Å². The van der Waals surface area contributed by atoms with Crippen LogP contribution in [0.2, 0.25) is 5.02 Å². The topological polar surface area (TPSA) is 87.8 Å². The van der Waals surface area contributed by atoms with Gasteiger partial charge in [-0.05, 0) is 49.9 Å². The number of rotatable bonds is 6. The van der Waals surface area contributed by atoms with Gasteiger partial charge in [0.15, 0.2) is 0 Å². The zero-order valence-electron chi connectivity index (χ0n) is 18.3. The number of carbonyl (C=O) groups excluding carboxylic acids is 2. The Morgan fingerprint density at radius 2 is 2.03 bits per heavy atom. The number of benzene rings is 1. The van der Waals surface area contributed by atoms with Crippen LogP contribution in [0.15, 0.2) is 30.7 Å². The second kappa shape index (κ2) is 9.92. The summed E-state index contributed by atoms with van der Waals surface area (Å²) < 4.78 is 12.3. The number of aromatic nitrogens is 2. The molecule has 1 aromatic carbocycles. The summed E-state index contributed by atoms with van der Waals surface area (Å²) in [6.45, 7) is 4.63. The van der Waals surface area contributed by atoms with Crippen molar-refractivity contribution in [1.82, 2.24) is 19.8 Å². The van der Waals surface area contributed by atoms with Gasteiger partial charge in [0, 0.05) is 24.7 Å². The second-order valence-electron chi connectivity index (χ2n) is 8.54. The molecule has 2 aliphatic rings. The summed E-state index contributed by atoms with van der Waals surface area (Å²) in [6.07, 6.45) is 6.33. The van der Waals surface area contributed by atoms with Gasteiger partial charge in [0.05, 0.1) is 32.1 Å². The van der Waals surface area contributed by atoms with Gasteiger partial charge in [-0.2, -0.15) is 0 Å². The molecular weight excluding hydrogens is 432 g/mol. The zero-order valence-corrected chi connectivity index (χ0v) is 19.1. The summed E-state index contributed by atoms with van der Waals surface area (Å²) in [7, 11) is 0. The molecule has 2 aromatic rings. The van der Waals surface area contributed by atoms with Gasteiger partial charge in [0.2, 0.25) is 5.91 Å². The number of amides is 2. The van der Waals surface area contributed by atoms with Crippen molar-refractivity contribution in [3.05, 3.63) is 47.0 Å². The molecule has 8 nitrogen and oxygen atoms in total. The molecule has 3 heterocycles. The summed E-state index contributed by atoms with van der Waals surface area (Å²) in [5.41, 5.74) is 0.386. The molecule has 32 heavy (non-hydrogen) atoms. The van der Waals surface area contributed by atoms with Crippen molar-refractivity contribution < 1.29 is 19.1 Å². The molecule has 4 rings (SSSR count). The van der Waals surface area contributed by atoms with Crippen LogP contribution in [0.1, 0.15) is 41.7 Å². The lowest BCUT2D eigenvalue weighted by molar-refractivity contribution is -0.153. The first-order valence-electron chi connectivity index (χ1n) is 11.0. The van der Waals surface area contributed by atoms with Crippen molar-refractivity contribution in [1.29, 1.82) is 0 Å². The summed E-state index contributed by atoms with van der Waals surface area (Å²) >= 11 is 6.13. The summed E-state index contributed by atoms with van der Waals surface area (Å²) in [6, 6.07) is 5.44. The van der Waals surface area contributed by atoms with E-state index >= 15 is 0 Å². The number of imidazole rings is 1. The van der Waals surface area contributed by atoms with Gasteiger partial charge in [-0.15, -0.1) is 0 Å². The van der Waals surface area contributed by atoms with E-state index in [1.54, 1.807) is 17.0 Å². The molecule has 0 aliphatic carbocycles. The highest BCUT2D eigenvalue weighted by molar-refractivity contribution is 6.31. The Bertz CT molecular complexity index is 945. The quantitative estimate of drug-likeness (QED) is 0.715.